The maximum atomic E-state index is 14.2. The Morgan fingerprint density at radius 2 is 1.74 bits per heavy atom. The minimum Gasteiger partial charge on any atom is -0.376 e. The molecule has 1 amide bonds. The molecule has 4 N–H and O–H groups in total. The average molecular weight is 674 g/mol. The van der Waals surface area contributed by atoms with Gasteiger partial charge in [-0.15, -0.1) is 11.8 Å². The Morgan fingerprint density at radius 1 is 0.979 bits per heavy atom. The highest BCUT2D eigenvalue weighted by atomic mass is 32.2. The SMILES string of the molecule is NCCCC[C@H](CSc1ccccc1)Nc1ccc(S(=O)(=O)NC(=O)c2ccc(-c3ccc(F)c4cccnc34)cc2)cc1[N+](=O)[O-]. The lowest BCUT2D eigenvalue weighted by atomic mass is 10.0. The fourth-order valence-corrected chi connectivity index (χ4v) is 7.02. The van der Waals surface area contributed by atoms with Crippen molar-refractivity contribution in [1.29, 1.82) is 0 Å². The number of nitrogens with two attached hydrogens (primary N) is 1. The number of unbranched alkanes of at least 4 members (excludes halogenated alkanes) is 1. The van der Waals surface area contributed by atoms with Crippen LogP contribution in [-0.2, 0) is 10.0 Å². The van der Waals surface area contributed by atoms with Crippen molar-refractivity contribution in [3.63, 3.8) is 0 Å². The Morgan fingerprint density at radius 3 is 2.47 bits per heavy atom. The minimum atomic E-state index is -4.47. The van der Waals surface area contributed by atoms with Gasteiger partial charge in [0.1, 0.15) is 11.5 Å². The smallest absolute Gasteiger partial charge is 0.293 e. The molecule has 1 heterocycles. The molecule has 242 valence electrons. The highest BCUT2D eigenvalue weighted by Crippen LogP contribution is 2.31. The second-order valence-corrected chi connectivity index (χ2v) is 13.5. The second kappa shape index (κ2) is 15.2. The summed E-state index contributed by atoms with van der Waals surface area (Å²) in [4.78, 5) is 29.3. The number of halogens is 1. The average Bonchev–Trinajstić information content (AvgIpc) is 3.08. The van der Waals surface area contributed by atoms with E-state index in [4.69, 9.17) is 5.73 Å². The first-order valence-electron chi connectivity index (χ1n) is 14.8. The van der Waals surface area contributed by atoms with Gasteiger partial charge in [0.2, 0.25) is 0 Å². The number of hydrogen-bond acceptors (Lipinski definition) is 9. The summed E-state index contributed by atoms with van der Waals surface area (Å²) in [5.41, 5.74) is 7.18. The van der Waals surface area contributed by atoms with E-state index in [1.807, 2.05) is 35.1 Å². The third kappa shape index (κ3) is 8.30. The number of nitro benzene ring substituents is 1. The summed E-state index contributed by atoms with van der Waals surface area (Å²) >= 11 is 1.61. The topological polar surface area (TPSA) is 157 Å². The summed E-state index contributed by atoms with van der Waals surface area (Å²) < 4.78 is 42.6. The third-order valence-electron chi connectivity index (χ3n) is 7.44. The maximum absolute atomic E-state index is 14.2. The lowest BCUT2D eigenvalue weighted by Gasteiger charge is -2.20. The van der Waals surface area contributed by atoms with Crippen molar-refractivity contribution in [3.8, 4) is 11.1 Å². The van der Waals surface area contributed by atoms with Crippen LogP contribution >= 0.6 is 11.8 Å². The molecule has 1 aromatic heterocycles. The number of nitrogens with zero attached hydrogens (tertiary/aromatic N) is 2. The van der Waals surface area contributed by atoms with Crippen LogP contribution in [0.5, 0.6) is 0 Å². The molecule has 0 unspecified atom stereocenters. The van der Waals surface area contributed by atoms with Gasteiger partial charge in [0.15, 0.2) is 0 Å². The van der Waals surface area contributed by atoms with Gasteiger partial charge < -0.3 is 11.1 Å². The largest absolute Gasteiger partial charge is 0.376 e. The first-order chi connectivity index (χ1) is 22.7. The van der Waals surface area contributed by atoms with Gasteiger partial charge in [-0.1, -0.05) is 36.8 Å². The number of pyridine rings is 1. The van der Waals surface area contributed by atoms with Gasteiger partial charge in [-0.05, 0) is 85.6 Å². The van der Waals surface area contributed by atoms with Gasteiger partial charge in [-0.3, -0.25) is 19.9 Å². The molecule has 5 aromatic rings. The molecule has 0 aliphatic rings. The zero-order chi connectivity index (χ0) is 33.4. The Balaban J connectivity index is 1.32. The highest BCUT2D eigenvalue weighted by Gasteiger charge is 2.25. The summed E-state index contributed by atoms with van der Waals surface area (Å²) in [5, 5.41) is 15.6. The number of thioether (sulfide) groups is 1. The summed E-state index contributed by atoms with van der Waals surface area (Å²) in [5.74, 6) is -0.706. The van der Waals surface area contributed by atoms with Crippen molar-refractivity contribution < 1.29 is 22.5 Å². The zero-order valence-electron chi connectivity index (χ0n) is 25.1. The number of hydrogen-bond donors (Lipinski definition) is 3. The second-order valence-electron chi connectivity index (χ2n) is 10.7. The molecule has 0 radical (unpaired) electrons. The number of aromatic nitrogens is 1. The van der Waals surface area contributed by atoms with E-state index in [1.54, 1.807) is 48.3 Å². The number of sulfonamides is 1. The fraction of sp³-hybridized carbons (Fsp3) is 0.176. The van der Waals surface area contributed by atoms with Crippen LogP contribution in [0.15, 0.2) is 113 Å². The van der Waals surface area contributed by atoms with Crippen molar-refractivity contribution in [2.24, 2.45) is 5.73 Å². The summed E-state index contributed by atoms with van der Waals surface area (Å²) in [6.45, 7) is 0.532. The lowest BCUT2D eigenvalue weighted by molar-refractivity contribution is -0.384. The minimum absolute atomic E-state index is 0.0423. The van der Waals surface area contributed by atoms with Crippen molar-refractivity contribution >= 4 is 50.0 Å². The first-order valence-corrected chi connectivity index (χ1v) is 17.3. The Bertz CT molecular complexity index is 1990. The first kappa shape index (κ1) is 33.5. The number of anilines is 1. The van der Waals surface area contributed by atoms with E-state index in [0.29, 0.717) is 40.7 Å². The maximum Gasteiger partial charge on any atom is 0.293 e. The summed E-state index contributed by atoms with van der Waals surface area (Å²) in [6.07, 6.45) is 3.87. The molecule has 0 bridgehead atoms. The highest BCUT2D eigenvalue weighted by molar-refractivity contribution is 7.99. The van der Waals surface area contributed by atoms with Crippen LogP contribution < -0.4 is 15.8 Å². The number of benzene rings is 4. The van der Waals surface area contributed by atoms with Crippen LogP contribution in [0.1, 0.15) is 29.6 Å². The number of amides is 1. The van der Waals surface area contributed by atoms with Crippen LogP contribution in [0.3, 0.4) is 0 Å². The van der Waals surface area contributed by atoms with Crippen LogP contribution in [0.4, 0.5) is 15.8 Å². The number of carbonyl (C=O) groups is 1. The number of rotatable bonds is 14. The molecule has 0 saturated heterocycles. The molecular formula is C34H32FN5O5S2. The van der Waals surface area contributed by atoms with Crippen molar-refractivity contribution in [2.45, 2.75) is 35.1 Å². The molecule has 0 aliphatic carbocycles. The Hall–Kier alpha value is -4.85. The molecule has 47 heavy (non-hydrogen) atoms. The van der Waals surface area contributed by atoms with Crippen molar-refractivity contribution in [2.75, 3.05) is 17.6 Å². The molecular weight excluding hydrogens is 642 g/mol. The molecule has 10 nitrogen and oxygen atoms in total. The fourth-order valence-electron chi connectivity index (χ4n) is 5.03. The van der Waals surface area contributed by atoms with E-state index in [0.717, 1.165) is 23.8 Å². The molecule has 0 saturated carbocycles. The van der Waals surface area contributed by atoms with Crippen molar-refractivity contribution in [1.82, 2.24) is 9.71 Å². The summed E-state index contributed by atoms with van der Waals surface area (Å²) in [7, 11) is -4.47. The van der Waals surface area contributed by atoms with Gasteiger partial charge in [-0.2, -0.15) is 0 Å². The zero-order valence-corrected chi connectivity index (χ0v) is 26.8. The van der Waals surface area contributed by atoms with E-state index in [-0.39, 0.29) is 17.3 Å². The normalized spacial score (nSPS) is 12.0. The Kier molecular flexibility index (Phi) is 10.8. The van der Waals surface area contributed by atoms with Crippen molar-refractivity contribution in [3.05, 3.63) is 125 Å². The molecule has 5 rings (SSSR count). The van der Waals surface area contributed by atoms with Crippen LogP contribution in [-0.4, -0.2) is 42.6 Å². The van der Waals surface area contributed by atoms with E-state index in [9.17, 15) is 27.7 Å². The molecule has 13 heteroatoms. The van der Waals surface area contributed by atoms with Gasteiger partial charge in [-0.25, -0.2) is 17.5 Å². The lowest BCUT2D eigenvalue weighted by Crippen LogP contribution is -2.30. The molecule has 0 aliphatic heterocycles. The third-order valence-corrected chi connectivity index (χ3v) is 9.94. The number of fused-ring (bicyclic) bond motifs is 1. The summed E-state index contributed by atoms with van der Waals surface area (Å²) in [6, 6.07) is 25.4. The molecule has 0 fully saturated rings. The van der Waals surface area contributed by atoms with Crippen LogP contribution in [0, 0.1) is 15.9 Å². The van der Waals surface area contributed by atoms with Crippen LogP contribution in [0.25, 0.3) is 22.0 Å². The predicted molar refractivity (Wildman–Crippen MR) is 182 cm³/mol. The number of nitro groups is 1. The van der Waals surface area contributed by atoms with Gasteiger partial charge in [0, 0.05) is 45.5 Å². The van der Waals surface area contributed by atoms with Gasteiger partial charge in [0.25, 0.3) is 21.6 Å². The van der Waals surface area contributed by atoms with E-state index >= 15 is 0 Å². The number of carbonyl (C=O) groups excluding carboxylic acids is 1. The quantitative estimate of drug-likeness (QED) is 0.0501. The predicted octanol–water partition coefficient (Wildman–Crippen LogP) is 6.77. The van der Waals surface area contributed by atoms with Crippen LogP contribution in [0.2, 0.25) is 0 Å². The van der Waals surface area contributed by atoms with E-state index in [1.165, 1.54) is 30.3 Å². The number of nitrogens with one attached hydrogen (secondary N) is 2. The molecule has 1 atom stereocenters. The Labute approximate surface area is 275 Å². The van der Waals surface area contributed by atoms with E-state index in [2.05, 4.69) is 10.3 Å². The monoisotopic (exact) mass is 673 g/mol. The molecule has 0 spiro atoms. The standard InChI is InChI=1S/C34H32FN5O5S2/c35-30-17-16-28(33-29(30)10-6-20-37-33)23-11-13-24(14-12-23)34(41)39-47(44,45)27-15-18-31(32(21-27)40(42)43)38-25(7-4-5-19-36)22-46-26-8-2-1-3-9-26/h1-3,6,8-18,20-21,25,38H,4-5,7,19,22,36H2,(H,39,41)/t25-/m1/s1. The van der Waals surface area contributed by atoms with Gasteiger partial charge >= 0.3 is 0 Å². The molecule has 4 aromatic carbocycles. The van der Waals surface area contributed by atoms with E-state index < -0.39 is 37.3 Å². The van der Waals surface area contributed by atoms with Gasteiger partial charge in [0.05, 0.1) is 15.3 Å².